The summed E-state index contributed by atoms with van der Waals surface area (Å²) >= 11 is 0. The third-order valence-corrected chi connectivity index (χ3v) is 3.98. The van der Waals surface area contributed by atoms with Crippen LogP contribution in [0, 0.1) is 0 Å². The molecule has 0 spiro atoms. The Morgan fingerprint density at radius 2 is 1.67 bits per heavy atom. The minimum absolute atomic E-state index is 0.215. The van der Waals surface area contributed by atoms with Gasteiger partial charge in [0.15, 0.2) is 0 Å². The highest BCUT2D eigenvalue weighted by molar-refractivity contribution is 5.87. The van der Waals surface area contributed by atoms with Gasteiger partial charge in [-0.3, -0.25) is 0 Å². The third-order valence-electron chi connectivity index (χ3n) is 3.98. The molecule has 2 aromatic carbocycles. The van der Waals surface area contributed by atoms with E-state index in [4.69, 9.17) is 9.84 Å². The molecular weight excluding hydrogens is 306 g/mol. The topological polar surface area (TPSA) is 66.8 Å². The van der Waals surface area contributed by atoms with E-state index in [0.717, 1.165) is 24.0 Å². The second kappa shape index (κ2) is 7.17. The SMILES string of the molecule is O=C(O)c1ccc(CN(C(=O)OCc2ccccc2)C2CC2)cc1. The van der Waals surface area contributed by atoms with Gasteiger partial charge in [0.2, 0.25) is 0 Å². The van der Waals surface area contributed by atoms with Crippen molar-refractivity contribution in [2.75, 3.05) is 0 Å². The van der Waals surface area contributed by atoms with Crippen molar-refractivity contribution in [2.45, 2.75) is 32.0 Å². The van der Waals surface area contributed by atoms with Crippen LogP contribution >= 0.6 is 0 Å². The van der Waals surface area contributed by atoms with Gasteiger partial charge in [0.25, 0.3) is 0 Å². The van der Waals surface area contributed by atoms with E-state index in [2.05, 4.69) is 0 Å². The zero-order valence-electron chi connectivity index (χ0n) is 13.2. The van der Waals surface area contributed by atoms with Crippen molar-refractivity contribution in [3.8, 4) is 0 Å². The van der Waals surface area contributed by atoms with E-state index in [9.17, 15) is 9.59 Å². The predicted molar refractivity (Wildman–Crippen MR) is 88.6 cm³/mol. The molecule has 1 amide bonds. The zero-order chi connectivity index (χ0) is 16.9. The fourth-order valence-corrected chi connectivity index (χ4v) is 2.48. The minimum atomic E-state index is -0.956. The smallest absolute Gasteiger partial charge is 0.410 e. The second-order valence-corrected chi connectivity index (χ2v) is 5.90. The molecular formula is C19H19NO4. The average Bonchev–Trinajstić information content (AvgIpc) is 3.44. The van der Waals surface area contributed by atoms with E-state index in [1.54, 1.807) is 29.2 Å². The van der Waals surface area contributed by atoms with E-state index in [0.29, 0.717) is 6.54 Å². The number of carboxylic acids is 1. The molecule has 24 heavy (non-hydrogen) atoms. The highest BCUT2D eigenvalue weighted by Gasteiger charge is 2.33. The van der Waals surface area contributed by atoms with Crippen molar-refractivity contribution in [3.63, 3.8) is 0 Å². The molecule has 1 aliphatic carbocycles. The lowest BCUT2D eigenvalue weighted by atomic mass is 10.1. The molecule has 124 valence electrons. The van der Waals surface area contributed by atoms with Crippen LogP contribution in [0.5, 0.6) is 0 Å². The normalized spacial score (nSPS) is 13.3. The molecule has 1 saturated carbocycles. The van der Waals surface area contributed by atoms with Crippen molar-refractivity contribution in [2.24, 2.45) is 0 Å². The molecule has 0 bridgehead atoms. The van der Waals surface area contributed by atoms with Crippen molar-refractivity contribution in [1.29, 1.82) is 0 Å². The minimum Gasteiger partial charge on any atom is -0.478 e. The van der Waals surface area contributed by atoms with Crippen LogP contribution in [0.2, 0.25) is 0 Å². The number of aromatic carboxylic acids is 1. The number of amides is 1. The van der Waals surface area contributed by atoms with E-state index in [1.807, 2.05) is 30.3 Å². The molecule has 1 fully saturated rings. The number of carbonyl (C=O) groups is 2. The van der Waals surface area contributed by atoms with Crippen LogP contribution in [0.3, 0.4) is 0 Å². The fraction of sp³-hybridized carbons (Fsp3) is 0.263. The van der Waals surface area contributed by atoms with Gasteiger partial charge in [-0.15, -0.1) is 0 Å². The van der Waals surface area contributed by atoms with Crippen molar-refractivity contribution in [1.82, 2.24) is 4.90 Å². The molecule has 0 atom stereocenters. The molecule has 3 rings (SSSR count). The van der Waals surface area contributed by atoms with E-state index in [-0.39, 0.29) is 24.3 Å². The monoisotopic (exact) mass is 325 g/mol. The maximum Gasteiger partial charge on any atom is 0.410 e. The number of benzene rings is 2. The van der Waals surface area contributed by atoms with Gasteiger partial charge in [0.1, 0.15) is 6.61 Å². The van der Waals surface area contributed by atoms with Gasteiger partial charge in [-0.2, -0.15) is 0 Å². The Bertz CT molecular complexity index is 708. The molecule has 0 heterocycles. The summed E-state index contributed by atoms with van der Waals surface area (Å²) in [5.74, 6) is -0.956. The van der Waals surface area contributed by atoms with E-state index >= 15 is 0 Å². The first kappa shape index (κ1) is 16.1. The lowest BCUT2D eigenvalue weighted by Gasteiger charge is -2.22. The number of hydrogen-bond acceptors (Lipinski definition) is 3. The number of ether oxygens (including phenoxy) is 1. The van der Waals surface area contributed by atoms with Crippen LogP contribution in [0.1, 0.15) is 34.3 Å². The van der Waals surface area contributed by atoms with Gasteiger partial charge in [0.05, 0.1) is 5.56 Å². The first-order valence-corrected chi connectivity index (χ1v) is 7.93. The standard InChI is InChI=1S/C19H19NO4/c21-18(22)16-8-6-14(7-9-16)12-20(17-10-11-17)19(23)24-13-15-4-2-1-3-5-15/h1-9,17H,10-13H2,(H,21,22). The van der Waals surface area contributed by atoms with Crippen LogP contribution < -0.4 is 0 Å². The quantitative estimate of drug-likeness (QED) is 0.879. The summed E-state index contributed by atoms with van der Waals surface area (Å²) in [6.45, 7) is 0.680. The molecule has 0 radical (unpaired) electrons. The van der Waals surface area contributed by atoms with Gasteiger partial charge >= 0.3 is 12.1 Å². The van der Waals surface area contributed by atoms with Crippen molar-refractivity contribution in [3.05, 3.63) is 71.3 Å². The predicted octanol–water partition coefficient (Wildman–Crippen LogP) is 3.69. The highest BCUT2D eigenvalue weighted by atomic mass is 16.6. The largest absolute Gasteiger partial charge is 0.478 e. The van der Waals surface area contributed by atoms with Crippen molar-refractivity contribution < 1.29 is 19.4 Å². The Kier molecular flexibility index (Phi) is 4.79. The van der Waals surface area contributed by atoms with Crippen molar-refractivity contribution >= 4 is 12.1 Å². The second-order valence-electron chi connectivity index (χ2n) is 5.90. The summed E-state index contributed by atoms with van der Waals surface area (Å²) in [5.41, 5.74) is 2.08. The number of hydrogen-bond donors (Lipinski definition) is 1. The number of nitrogens with zero attached hydrogens (tertiary/aromatic N) is 1. The Morgan fingerprint density at radius 1 is 1.00 bits per heavy atom. The fourth-order valence-electron chi connectivity index (χ4n) is 2.48. The summed E-state index contributed by atoms with van der Waals surface area (Å²) in [5, 5.41) is 8.94. The Morgan fingerprint density at radius 3 is 2.25 bits per heavy atom. The number of carboxylic acid groups (broad SMARTS) is 1. The molecule has 0 saturated heterocycles. The lowest BCUT2D eigenvalue weighted by molar-refractivity contribution is 0.0696. The summed E-state index contributed by atoms with van der Waals surface area (Å²) in [6, 6.07) is 16.4. The van der Waals surface area contributed by atoms with Crippen LogP contribution in [-0.2, 0) is 17.9 Å². The van der Waals surface area contributed by atoms with Crippen LogP contribution in [0.15, 0.2) is 54.6 Å². The molecule has 0 unspecified atom stereocenters. The van der Waals surface area contributed by atoms with Gasteiger partial charge in [-0.1, -0.05) is 42.5 Å². The average molecular weight is 325 g/mol. The molecule has 0 aliphatic heterocycles. The maximum atomic E-state index is 12.4. The molecule has 2 aromatic rings. The van der Waals surface area contributed by atoms with Gasteiger partial charge < -0.3 is 14.7 Å². The molecule has 1 N–H and O–H groups in total. The Hall–Kier alpha value is -2.82. The molecule has 5 nitrogen and oxygen atoms in total. The van der Waals surface area contributed by atoms with Crippen LogP contribution in [0.25, 0.3) is 0 Å². The van der Waals surface area contributed by atoms with Crippen LogP contribution in [-0.4, -0.2) is 28.1 Å². The van der Waals surface area contributed by atoms with E-state index < -0.39 is 5.97 Å². The number of carbonyl (C=O) groups excluding carboxylic acids is 1. The summed E-state index contributed by atoms with van der Waals surface area (Å²) < 4.78 is 5.42. The Labute approximate surface area is 140 Å². The van der Waals surface area contributed by atoms with E-state index in [1.165, 1.54) is 0 Å². The Balaban J connectivity index is 1.61. The van der Waals surface area contributed by atoms with Crippen LogP contribution in [0.4, 0.5) is 4.79 Å². The molecule has 5 heteroatoms. The third kappa shape index (κ3) is 4.13. The lowest BCUT2D eigenvalue weighted by Crippen LogP contribution is -2.33. The maximum absolute atomic E-state index is 12.4. The first-order valence-electron chi connectivity index (χ1n) is 7.93. The highest BCUT2D eigenvalue weighted by Crippen LogP contribution is 2.29. The van der Waals surface area contributed by atoms with Gasteiger partial charge in [-0.05, 0) is 36.1 Å². The zero-order valence-corrected chi connectivity index (χ0v) is 13.2. The summed E-state index contributed by atoms with van der Waals surface area (Å²) in [6.07, 6.45) is 1.63. The first-order chi connectivity index (χ1) is 11.6. The molecule has 1 aliphatic rings. The number of rotatable bonds is 6. The summed E-state index contributed by atoms with van der Waals surface area (Å²) in [4.78, 5) is 25.0. The van der Waals surface area contributed by atoms with Gasteiger partial charge in [0, 0.05) is 12.6 Å². The molecule has 0 aromatic heterocycles. The summed E-state index contributed by atoms with van der Waals surface area (Å²) in [7, 11) is 0. The van der Waals surface area contributed by atoms with Gasteiger partial charge in [-0.25, -0.2) is 9.59 Å².